The molecular weight excluding hydrogens is 356 g/mol. The Hall–Kier alpha value is -2.38. The lowest BCUT2D eigenvalue weighted by Crippen LogP contribution is -1.91. The van der Waals surface area contributed by atoms with Crippen molar-refractivity contribution in [1.82, 2.24) is 0 Å². The fourth-order valence-corrected chi connectivity index (χ4v) is 4.69. The van der Waals surface area contributed by atoms with Crippen molar-refractivity contribution >= 4 is 26.7 Å². The van der Waals surface area contributed by atoms with Gasteiger partial charge in [0.05, 0.1) is 4.83 Å². The maximum absolute atomic E-state index is 3.93. The van der Waals surface area contributed by atoms with Gasteiger partial charge in [0.25, 0.3) is 0 Å². The van der Waals surface area contributed by atoms with Crippen molar-refractivity contribution in [3.8, 4) is 22.3 Å². The summed E-state index contributed by atoms with van der Waals surface area (Å²) >= 11 is 3.93. The van der Waals surface area contributed by atoms with Crippen LogP contribution in [0.2, 0.25) is 0 Å². The molecule has 0 aliphatic heterocycles. The van der Waals surface area contributed by atoms with Crippen molar-refractivity contribution in [1.29, 1.82) is 0 Å². The molecule has 1 unspecified atom stereocenters. The lowest BCUT2D eigenvalue weighted by Gasteiger charge is -2.13. The molecule has 1 aliphatic rings. The van der Waals surface area contributed by atoms with E-state index in [0.717, 1.165) is 0 Å². The first-order valence-electron chi connectivity index (χ1n) is 8.18. The predicted molar refractivity (Wildman–Crippen MR) is 106 cm³/mol. The Morgan fingerprint density at radius 2 is 1.29 bits per heavy atom. The number of rotatable bonds is 1. The van der Waals surface area contributed by atoms with Crippen LogP contribution in [0.3, 0.4) is 0 Å². The summed E-state index contributed by atoms with van der Waals surface area (Å²) in [4.78, 5) is 0.256. The minimum atomic E-state index is 0.256. The van der Waals surface area contributed by atoms with Crippen LogP contribution < -0.4 is 0 Å². The van der Waals surface area contributed by atoms with Gasteiger partial charge in [-0.1, -0.05) is 94.8 Å². The Labute approximate surface area is 149 Å². The first kappa shape index (κ1) is 14.0. The Morgan fingerprint density at radius 3 is 2.21 bits per heavy atom. The molecule has 0 spiro atoms. The van der Waals surface area contributed by atoms with Crippen LogP contribution in [0.4, 0.5) is 0 Å². The molecule has 0 radical (unpaired) electrons. The maximum Gasteiger partial charge on any atom is 0.0662 e. The zero-order valence-electron chi connectivity index (χ0n) is 13.0. The van der Waals surface area contributed by atoms with Crippen LogP contribution in [0.5, 0.6) is 0 Å². The Kier molecular flexibility index (Phi) is 3.11. The van der Waals surface area contributed by atoms with Crippen LogP contribution in [0.15, 0.2) is 84.9 Å². The molecule has 0 N–H and O–H groups in total. The molecule has 0 nitrogen and oxygen atoms in total. The lowest BCUT2D eigenvalue weighted by molar-refractivity contribution is 1.25. The first-order valence-corrected chi connectivity index (χ1v) is 9.10. The molecule has 114 valence electrons. The minimum absolute atomic E-state index is 0.256. The maximum atomic E-state index is 3.93. The van der Waals surface area contributed by atoms with Crippen LogP contribution in [0, 0.1) is 0 Å². The summed E-state index contributed by atoms with van der Waals surface area (Å²) in [5.74, 6) is 0. The second-order valence-corrected chi connectivity index (χ2v) is 7.19. The molecule has 0 saturated carbocycles. The largest absolute Gasteiger partial charge is 0.0786 e. The highest BCUT2D eigenvalue weighted by atomic mass is 79.9. The van der Waals surface area contributed by atoms with E-state index in [0.29, 0.717) is 0 Å². The van der Waals surface area contributed by atoms with Crippen LogP contribution in [-0.2, 0) is 0 Å². The molecule has 4 aromatic carbocycles. The molecule has 1 aliphatic carbocycles. The van der Waals surface area contributed by atoms with Crippen molar-refractivity contribution in [2.75, 3.05) is 0 Å². The molecular formula is C23H15Br. The molecule has 1 atom stereocenters. The van der Waals surface area contributed by atoms with E-state index < -0.39 is 0 Å². The molecule has 0 saturated heterocycles. The van der Waals surface area contributed by atoms with Crippen molar-refractivity contribution in [3.05, 3.63) is 96.1 Å². The van der Waals surface area contributed by atoms with Gasteiger partial charge in [-0.25, -0.2) is 0 Å². The summed E-state index contributed by atoms with van der Waals surface area (Å²) in [5.41, 5.74) is 8.03. The van der Waals surface area contributed by atoms with Crippen LogP contribution >= 0.6 is 15.9 Å². The Bertz CT molecular complexity index is 1080. The van der Waals surface area contributed by atoms with Crippen molar-refractivity contribution < 1.29 is 0 Å². The molecule has 0 aromatic heterocycles. The van der Waals surface area contributed by atoms with Gasteiger partial charge >= 0.3 is 0 Å². The van der Waals surface area contributed by atoms with E-state index >= 15 is 0 Å². The average Bonchev–Trinajstić information content (AvgIpc) is 2.95. The van der Waals surface area contributed by atoms with Gasteiger partial charge in [0.1, 0.15) is 0 Å². The zero-order chi connectivity index (χ0) is 16.1. The summed E-state index contributed by atoms with van der Waals surface area (Å²) in [6, 6.07) is 30.6. The number of halogens is 1. The molecule has 24 heavy (non-hydrogen) atoms. The summed E-state index contributed by atoms with van der Waals surface area (Å²) < 4.78 is 0. The van der Waals surface area contributed by atoms with Gasteiger partial charge in [-0.15, -0.1) is 0 Å². The fraction of sp³-hybridized carbons (Fsp3) is 0.0435. The topological polar surface area (TPSA) is 0 Å². The van der Waals surface area contributed by atoms with Gasteiger partial charge in [0, 0.05) is 0 Å². The normalized spacial score (nSPS) is 15.3. The number of hydrogen-bond donors (Lipinski definition) is 0. The van der Waals surface area contributed by atoms with Crippen molar-refractivity contribution in [3.63, 3.8) is 0 Å². The third kappa shape index (κ3) is 1.98. The lowest BCUT2D eigenvalue weighted by atomic mass is 9.94. The quantitative estimate of drug-likeness (QED) is 0.317. The van der Waals surface area contributed by atoms with Gasteiger partial charge in [0.2, 0.25) is 0 Å². The highest BCUT2D eigenvalue weighted by molar-refractivity contribution is 9.09. The smallest absolute Gasteiger partial charge is 0.0662 e. The number of fused-ring (bicyclic) bond motifs is 4. The average molecular weight is 371 g/mol. The third-order valence-electron chi connectivity index (χ3n) is 4.94. The third-order valence-corrected chi connectivity index (χ3v) is 5.90. The van der Waals surface area contributed by atoms with E-state index in [1.807, 2.05) is 0 Å². The Balaban J connectivity index is 1.76. The molecule has 4 aromatic rings. The molecule has 0 heterocycles. The summed E-state index contributed by atoms with van der Waals surface area (Å²) in [6.45, 7) is 0. The molecule has 0 amide bonds. The van der Waals surface area contributed by atoms with E-state index in [1.165, 1.54) is 44.2 Å². The fourth-order valence-electron chi connectivity index (χ4n) is 3.80. The van der Waals surface area contributed by atoms with E-state index in [9.17, 15) is 0 Å². The molecule has 1 heteroatoms. The summed E-state index contributed by atoms with van der Waals surface area (Å²) in [5, 5.41) is 2.57. The molecule has 0 fully saturated rings. The van der Waals surface area contributed by atoms with E-state index in [4.69, 9.17) is 0 Å². The Morgan fingerprint density at radius 1 is 0.583 bits per heavy atom. The highest BCUT2D eigenvalue weighted by Gasteiger charge is 2.28. The second-order valence-electron chi connectivity index (χ2n) is 6.28. The first-order chi connectivity index (χ1) is 11.8. The summed E-state index contributed by atoms with van der Waals surface area (Å²) in [7, 11) is 0. The SMILES string of the molecule is BrC1c2ccccc2-c2cccc(-c3ccc4ccccc4c3)c21. The summed E-state index contributed by atoms with van der Waals surface area (Å²) in [6.07, 6.45) is 0. The van der Waals surface area contributed by atoms with E-state index in [2.05, 4.69) is 101 Å². The van der Waals surface area contributed by atoms with Crippen molar-refractivity contribution in [2.45, 2.75) is 4.83 Å². The van der Waals surface area contributed by atoms with Gasteiger partial charge in [-0.2, -0.15) is 0 Å². The van der Waals surface area contributed by atoms with Gasteiger partial charge < -0.3 is 0 Å². The molecule has 5 rings (SSSR count). The zero-order valence-corrected chi connectivity index (χ0v) is 14.6. The van der Waals surface area contributed by atoms with E-state index in [1.54, 1.807) is 0 Å². The predicted octanol–water partition coefficient (Wildman–Crippen LogP) is 6.97. The second kappa shape index (κ2) is 5.32. The molecule has 0 bridgehead atoms. The number of benzene rings is 4. The van der Waals surface area contributed by atoms with E-state index in [-0.39, 0.29) is 4.83 Å². The highest BCUT2D eigenvalue weighted by Crippen LogP contribution is 2.51. The standard InChI is InChI=1S/C23H15Br/c24-23-21-9-4-3-8-19(21)20-11-5-10-18(22(20)23)17-13-12-15-6-1-2-7-16(15)14-17/h1-14,23H. The van der Waals surface area contributed by atoms with Crippen LogP contribution in [0.25, 0.3) is 33.0 Å². The van der Waals surface area contributed by atoms with Gasteiger partial charge in [-0.3, -0.25) is 0 Å². The van der Waals surface area contributed by atoms with Gasteiger partial charge in [-0.05, 0) is 50.2 Å². The monoisotopic (exact) mass is 370 g/mol. The number of hydrogen-bond acceptors (Lipinski definition) is 0. The van der Waals surface area contributed by atoms with Gasteiger partial charge in [0.15, 0.2) is 0 Å². The van der Waals surface area contributed by atoms with Crippen LogP contribution in [0.1, 0.15) is 16.0 Å². The van der Waals surface area contributed by atoms with Crippen molar-refractivity contribution in [2.24, 2.45) is 0 Å². The minimum Gasteiger partial charge on any atom is -0.0786 e. The van der Waals surface area contributed by atoms with Crippen LogP contribution in [-0.4, -0.2) is 0 Å². The number of alkyl halides is 1.